The molecule has 0 radical (unpaired) electrons. The second-order valence-corrected chi connectivity index (χ2v) is 22.6. The Morgan fingerprint density at radius 1 is 0.463 bits per heavy atom. The van der Waals surface area contributed by atoms with Gasteiger partial charge in [-0.15, -0.1) is 0 Å². The summed E-state index contributed by atoms with van der Waals surface area (Å²) in [4.78, 5) is 5.02. The van der Waals surface area contributed by atoms with Gasteiger partial charge >= 0.3 is 0 Å². The predicted octanol–water partition coefficient (Wildman–Crippen LogP) is 15.4. The largest absolute Gasteiger partial charge is 0.458 e. The van der Waals surface area contributed by atoms with E-state index in [1.54, 1.807) is 0 Å². The number of benzene rings is 6. The molecule has 3 heterocycles. The van der Waals surface area contributed by atoms with Gasteiger partial charge in [0.05, 0.1) is 28.1 Å². The average Bonchev–Trinajstić information content (AvgIpc) is 3.90. The van der Waals surface area contributed by atoms with Crippen LogP contribution in [0.1, 0.15) is 129 Å². The lowest BCUT2D eigenvalue weighted by Crippen LogP contribution is -2.29. The van der Waals surface area contributed by atoms with Gasteiger partial charge in [0.1, 0.15) is 17.3 Å². The Hall–Kier alpha value is -6.72. The molecule has 340 valence electrons. The number of pyridine rings is 1. The van der Waals surface area contributed by atoms with Crippen LogP contribution in [0.15, 0.2) is 164 Å². The zero-order chi connectivity index (χ0) is 47.7. The molecule has 0 bridgehead atoms. The molecule has 0 atom stereocenters. The van der Waals surface area contributed by atoms with Gasteiger partial charge in [-0.3, -0.25) is 13.7 Å². The van der Waals surface area contributed by atoms with Gasteiger partial charge in [-0.25, -0.2) is 4.98 Å². The molecular weight excluding hydrogens is 817 g/mol. The molecule has 0 saturated heterocycles. The predicted molar refractivity (Wildman–Crippen MR) is 278 cm³/mol. The molecule has 9 aromatic rings. The fourth-order valence-electron chi connectivity index (χ4n) is 9.37. The van der Waals surface area contributed by atoms with E-state index in [4.69, 9.17) is 9.72 Å². The molecule has 5 heteroatoms. The molecular formula is C62H66N4O. The van der Waals surface area contributed by atoms with Gasteiger partial charge in [0.2, 0.25) is 0 Å². The Kier molecular flexibility index (Phi) is 11.2. The van der Waals surface area contributed by atoms with Crippen molar-refractivity contribution >= 4 is 21.8 Å². The summed E-state index contributed by atoms with van der Waals surface area (Å²) in [6.07, 6.45) is 7.96. The van der Waals surface area contributed by atoms with Crippen molar-refractivity contribution in [3.63, 3.8) is 0 Å². The van der Waals surface area contributed by atoms with Gasteiger partial charge in [0.15, 0.2) is 0 Å². The highest BCUT2D eigenvalue weighted by molar-refractivity contribution is 6.10. The second-order valence-electron chi connectivity index (χ2n) is 22.6. The fourth-order valence-corrected chi connectivity index (χ4v) is 9.37. The van der Waals surface area contributed by atoms with Gasteiger partial charge in [0.25, 0.3) is 6.33 Å². The van der Waals surface area contributed by atoms with Crippen LogP contribution in [-0.4, -0.2) is 14.1 Å². The highest BCUT2D eigenvalue weighted by atomic mass is 16.5. The minimum atomic E-state index is -0.340. The van der Waals surface area contributed by atoms with Crippen molar-refractivity contribution in [1.29, 1.82) is 0 Å². The standard InChI is InChI=1S/C62H66N4O/c1-58(2,3)44-25-20-26-48(33-44)64-40-56(60(7,8)9)65(41-64)49-34-47(62(12,13)43-23-18-15-19-24-43)35-51(38-49)67-50-28-29-52-53-36-46(61(10,11)42-21-16-14-17-22-42)27-30-54(53)66(55(52)39-50)57-37-45(31-32-63-57)59(4,5)6/h14-40H,1-13H3. The molecule has 0 aliphatic rings. The van der Waals surface area contributed by atoms with Crippen molar-refractivity contribution in [2.75, 3.05) is 0 Å². The van der Waals surface area contributed by atoms with Crippen molar-refractivity contribution in [2.24, 2.45) is 0 Å². The Morgan fingerprint density at radius 3 is 1.73 bits per heavy atom. The van der Waals surface area contributed by atoms with E-state index >= 15 is 0 Å². The molecule has 0 N–H and O–H groups in total. The smallest absolute Gasteiger partial charge is 0.269 e. The number of rotatable bonds is 9. The number of hydrogen-bond acceptors (Lipinski definition) is 2. The molecule has 0 fully saturated rings. The summed E-state index contributed by atoms with van der Waals surface area (Å²) in [5.74, 6) is 2.38. The first kappa shape index (κ1) is 45.4. The van der Waals surface area contributed by atoms with Crippen LogP contribution in [0.4, 0.5) is 0 Å². The molecule has 67 heavy (non-hydrogen) atoms. The summed E-state index contributed by atoms with van der Waals surface area (Å²) in [6, 6.07) is 54.9. The first-order valence-corrected chi connectivity index (χ1v) is 23.8. The highest BCUT2D eigenvalue weighted by Gasteiger charge is 2.29. The van der Waals surface area contributed by atoms with E-state index in [0.717, 1.165) is 56.4 Å². The van der Waals surface area contributed by atoms with Crippen LogP contribution in [0.5, 0.6) is 11.5 Å². The first-order valence-electron chi connectivity index (χ1n) is 23.8. The van der Waals surface area contributed by atoms with E-state index in [-0.39, 0.29) is 27.1 Å². The van der Waals surface area contributed by atoms with Crippen LogP contribution in [0.3, 0.4) is 0 Å². The second kappa shape index (κ2) is 16.6. The summed E-state index contributed by atoms with van der Waals surface area (Å²) in [6.45, 7) is 29.6. The lowest BCUT2D eigenvalue weighted by atomic mass is 9.78. The van der Waals surface area contributed by atoms with Gasteiger partial charge in [-0.1, -0.05) is 169 Å². The van der Waals surface area contributed by atoms with Crippen molar-refractivity contribution < 1.29 is 9.30 Å². The third-order valence-electron chi connectivity index (χ3n) is 13.9. The average molecular weight is 883 g/mol. The zero-order valence-corrected chi connectivity index (χ0v) is 41.8. The van der Waals surface area contributed by atoms with Crippen LogP contribution in [0.25, 0.3) is 39.0 Å². The quantitative estimate of drug-likeness (QED) is 0.107. The molecule has 0 aliphatic heterocycles. The molecule has 0 aliphatic carbocycles. The Bertz CT molecular complexity index is 3250. The maximum atomic E-state index is 7.12. The van der Waals surface area contributed by atoms with Gasteiger partial charge in [0, 0.05) is 40.1 Å². The van der Waals surface area contributed by atoms with E-state index < -0.39 is 0 Å². The molecule has 0 unspecified atom stereocenters. The maximum Gasteiger partial charge on any atom is 0.269 e. The molecule has 3 aromatic heterocycles. The summed E-state index contributed by atoms with van der Waals surface area (Å²) in [5.41, 5.74) is 12.0. The Morgan fingerprint density at radius 2 is 1.09 bits per heavy atom. The monoisotopic (exact) mass is 883 g/mol. The minimum absolute atomic E-state index is 0.0160. The number of nitrogens with zero attached hydrogens (tertiary/aromatic N) is 4. The topological polar surface area (TPSA) is 35.9 Å². The summed E-state index contributed by atoms with van der Waals surface area (Å²) < 4.78 is 13.8. The summed E-state index contributed by atoms with van der Waals surface area (Å²) in [7, 11) is 0. The van der Waals surface area contributed by atoms with Crippen molar-refractivity contribution in [1.82, 2.24) is 14.1 Å². The molecule has 6 aromatic carbocycles. The van der Waals surface area contributed by atoms with Crippen LogP contribution < -0.4 is 9.30 Å². The van der Waals surface area contributed by atoms with E-state index in [1.165, 1.54) is 33.2 Å². The molecule has 0 saturated carbocycles. The number of aromatic nitrogens is 4. The fraction of sp³-hybridized carbons (Fsp3) is 0.290. The lowest BCUT2D eigenvalue weighted by molar-refractivity contribution is -0.599. The molecule has 0 amide bonds. The van der Waals surface area contributed by atoms with Gasteiger partial charge in [-0.2, -0.15) is 0 Å². The number of ether oxygens (including phenoxy) is 1. The lowest BCUT2D eigenvalue weighted by Gasteiger charge is -2.28. The van der Waals surface area contributed by atoms with Crippen LogP contribution in [0, 0.1) is 6.33 Å². The normalized spacial score (nSPS) is 12.9. The SMILES string of the molecule is CC(C)(C)c1cccc(-[n+]2[c-]n(-c3cc(Oc4ccc5c6cc(C(C)(C)c7ccccc7)ccc6n(-c6cc(C(C)(C)C)ccn6)c5c4)cc(C(C)(C)c4ccccc4)c3)c(C(C)(C)C)c2)c1. The van der Waals surface area contributed by atoms with Crippen molar-refractivity contribution in [3.8, 4) is 28.7 Å². The van der Waals surface area contributed by atoms with Crippen LogP contribution in [-0.2, 0) is 27.1 Å². The van der Waals surface area contributed by atoms with E-state index in [0.29, 0.717) is 0 Å². The van der Waals surface area contributed by atoms with Crippen molar-refractivity contribution in [2.45, 2.75) is 117 Å². The number of hydrogen-bond donors (Lipinski definition) is 0. The van der Waals surface area contributed by atoms with E-state index in [1.807, 2.05) is 6.20 Å². The van der Waals surface area contributed by atoms with E-state index in [2.05, 4.69) is 268 Å². The summed E-state index contributed by atoms with van der Waals surface area (Å²) >= 11 is 0. The molecule has 0 spiro atoms. The van der Waals surface area contributed by atoms with Crippen molar-refractivity contribution in [3.05, 3.63) is 209 Å². The molecule has 9 rings (SSSR count). The van der Waals surface area contributed by atoms with Crippen LogP contribution in [0.2, 0.25) is 0 Å². The molecule has 5 nitrogen and oxygen atoms in total. The zero-order valence-electron chi connectivity index (χ0n) is 41.8. The van der Waals surface area contributed by atoms with Gasteiger partial charge < -0.3 is 4.74 Å². The first-order chi connectivity index (χ1) is 31.6. The third kappa shape index (κ3) is 8.73. The third-order valence-corrected chi connectivity index (χ3v) is 13.9. The van der Waals surface area contributed by atoms with Gasteiger partial charge in [-0.05, 0) is 116 Å². The minimum Gasteiger partial charge on any atom is -0.458 e. The Balaban J connectivity index is 1.22. The van der Waals surface area contributed by atoms with Crippen LogP contribution >= 0.6 is 0 Å². The maximum absolute atomic E-state index is 7.12. The number of imidazole rings is 1. The number of fused-ring (bicyclic) bond motifs is 3. The summed E-state index contributed by atoms with van der Waals surface area (Å²) in [5, 5.41) is 2.33. The Labute approximate surface area is 398 Å². The highest BCUT2D eigenvalue weighted by Crippen LogP contribution is 2.42. The van der Waals surface area contributed by atoms with E-state index in [9.17, 15) is 0 Å².